The Kier molecular flexibility index (Phi) is 3.88. The van der Waals surface area contributed by atoms with Gasteiger partial charge in [-0.1, -0.05) is 12.1 Å². The van der Waals surface area contributed by atoms with Crippen molar-refractivity contribution in [3.8, 4) is 11.6 Å². The number of aromatic nitrogens is 3. The molecule has 21 heavy (non-hydrogen) atoms. The van der Waals surface area contributed by atoms with Crippen LogP contribution in [-0.2, 0) is 25.3 Å². The molecule has 0 aliphatic heterocycles. The van der Waals surface area contributed by atoms with Crippen molar-refractivity contribution < 1.29 is 14.6 Å². The third-order valence-electron chi connectivity index (χ3n) is 2.79. The van der Waals surface area contributed by atoms with Crippen LogP contribution in [0.4, 0.5) is 0 Å². The Labute approximate surface area is 118 Å². The van der Waals surface area contributed by atoms with Crippen molar-refractivity contribution in [1.82, 2.24) is 14.3 Å². The van der Waals surface area contributed by atoms with E-state index in [1.54, 1.807) is 12.1 Å². The second kappa shape index (κ2) is 5.61. The molecule has 0 saturated carbocycles. The first kappa shape index (κ1) is 14.5. The number of carboxylic acids is 1. The molecule has 0 radical (unpaired) electrons. The third-order valence-corrected chi connectivity index (χ3v) is 2.79. The van der Waals surface area contributed by atoms with E-state index in [1.807, 2.05) is 0 Å². The molecule has 1 aromatic carbocycles. The maximum Gasteiger partial charge on any atom is 0.347 e. The first-order valence-electron chi connectivity index (χ1n) is 6.01. The van der Waals surface area contributed by atoms with Gasteiger partial charge in [-0.05, 0) is 17.7 Å². The van der Waals surface area contributed by atoms with Gasteiger partial charge in [0.05, 0.1) is 6.42 Å². The zero-order valence-corrected chi connectivity index (χ0v) is 11.4. The molecule has 1 aromatic heterocycles. The van der Waals surface area contributed by atoms with Crippen LogP contribution in [0.5, 0.6) is 11.6 Å². The number of rotatable bonds is 4. The van der Waals surface area contributed by atoms with Crippen molar-refractivity contribution in [2.75, 3.05) is 0 Å². The van der Waals surface area contributed by atoms with Crippen molar-refractivity contribution >= 4 is 5.97 Å². The predicted molar refractivity (Wildman–Crippen MR) is 72.6 cm³/mol. The van der Waals surface area contributed by atoms with E-state index in [4.69, 9.17) is 9.84 Å². The van der Waals surface area contributed by atoms with Gasteiger partial charge in [-0.25, -0.2) is 9.48 Å². The monoisotopic (exact) mass is 291 g/mol. The first-order chi connectivity index (χ1) is 9.88. The Morgan fingerprint density at radius 3 is 2.43 bits per heavy atom. The lowest BCUT2D eigenvalue weighted by Gasteiger charge is -2.07. The molecule has 0 bridgehead atoms. The molecular formula is C13H13N3O5. The molecule has 8 heteroatoms. The normalized spacial score (nSPS) is 10.4. The van der Waals surface area contributed by atoms with E-state index in [2.05, 4.69) is 5.10 Å². The summed E-state index contributed by atoms with van der Waals surface area (Å²) in [6.07, 6.45) is -0.0971. The Bertz CT molecular complexity index is 789. The third kappa shape index (κ3) is 3.16. The van der Waals surface area contributed by atoms with Crippen molar-refractivity contribution in [3.63, 3.8) is 0 Å². The number of hydrogen-bond donors (Lipinski definition) is 1. The van der Waals surface area contributed by atoms with E-state index in [1.165, 1.54) is 26.2 Å². The average Bonchev–Trinajstić information content (AvgIpc) is 2.44. The minimum Gasteiger partial charge on any atom is -0.481 e. The lowest BCUT2D eigenvalue weighted by atomic mass is 10.1. The molecule has 1 heterocycles. The van der Waals surface area contributed by atoms with Gasteiger partial charge in [-0.2, -0.15) is 0 Å². The van der Waals surface area contributed by atoms with Gasteiger partial charge in [0.15, 0.2) is 0 Å². The maximum atomic E-state index is 11.8. The fourth-order valence-electron chi connectivity index (χ4n) is 1.69. The smallest absolute Gasteiger partial charge is 0.347 e. The highest BCUT2D eigenvalue weighted by Gasteiger charge is 2.11. The van der Waals surface area contributed by atoms with E-state index in [9.17, 15) is 14.4 Å². The summed E-state index contributed by atoms with van der Waals surface area (Å²) in [4.78, 5) is 33.9. The van der Waals surface area contributed by atoms with Gasteiger partial charge in [0.1, 0.15) is 5.75 Å². The van der Waals surface area contributed by atoms with E-state index < -0.39 is 17.2 Å². The second-order valence-corrected chi connectivity index (χ2v) is 4.39. The molecule has 1 N–H and O–H groups in total. The van der Waals surface area contributed by atoms with Crippen molar-refractivity contribution in [2.45, 2.75) is 6.42 Å². The van der Waals surface area contributed by atoms with Gasteiger partial charge < -0.3 is 9.84 Å². The molecular weight excluding hydrogens is 278 g/mol. The molecule has 0 aliphatic carbocycles. The lowest BCUT2D eigenvalue weighted by molar-refractivity contribution is -0.136. The first-order valence-corrected chi connectivity index (χ1v) is 6.01. The summed E-state index contributed by atoms with van der Waals surface area (Å²) in [5.74, 6) is -0.838. The molecule has 110 valence electrons. The number of hydrogen-bond acceptors (Lipinski definition) is 5. The second-order valence-electron chi connectivity index (χ2n) is 4.39. The highest BCUT2D eigenvalue weighted by molar-refractivity contribution is 5.70. The molecule has 8 nitrogen and oxygen atoms in total. The van der Waals surface area contributed by atoms with Crippen LogP contribution in [0.3, 0.4) is 0 Å². The predicted octanol–water partition coefficient (Wildman–Crippen LogP) is -0.102. The summed E-state index contributed by atoms with van der Waals surface area (Å²) in [6, 6.07) is 6.22. The average molecular weight is 291 g/mol. The minimum absolute atomic E-state index is 0.0971. The lowest BCUT2D eigenvalue weighted by Crippen LogP contribution is -2.38. The van der Waals surface area contributed by atoms with Crippen molar-refractivity contribution in [1.29, 1.82) is 0 Å². The zero-order chi connectivity index (χ0) is 15.6. The number of aryl methyl sites for hydroxylation is 1. The minimum atomic E-state index is -0.933. The topological polar surface area (TPSA) is 103 Å². The van der Waals surface area contributed by atoms with Crippen LogP contribution >= 0.6 is 0 Å². The van der Waals surface area contributed by atoms with E-state index in [0.717, 1.165) is 9.25 Å². The van der Waals surface area contributed by atoms with Gasteiger partial charge in [-0.15, -0.1) is 5.10 Å². The largest absolute Gasteiger partial charge is 0.481 e. The molecule has 0 fully saturated rings. The molecule has 0 unspecified atom stereocenters. The molecule has 0 atom stereocenters. The Hall–Kier alpha value is -2.90. The summed E-state index contributed by atoms with van der Waals surface area (Å²) in [5.41, 5.74) is -0.590. The molecule has 2 aromatic rings. The van der Waals surface area contributed by atoms with E-state index in [-0.39, 0.29) is 12.3 Å². The molecule has 2 rings (SSSR count). The summed E-state index contributed by atoms with van der Waals surface area (Å²) < 4.78 is 7.22. The van der Waals surface area contributed by atoms with E-state index >= 15 is 0 Å². The van der Waals surface area contributed by atoms with Crippen molar-refractivity contribution in [2.24, 2.45) is 14.1 Å². The Morgan fingerprint density at radius 2 is 1.86 bits per heavy atom. The van der Waals surface area contributed by atoms with Crippen LogP contribution in [0.1, 0.15) is 5.56 Å². The highest BCUT2D eigenvalue weighted by Crippen LogP contribution is 2.16. The number of nitrogens with zero attached hydrogens (tertiary/aromatic N) is 3. The van der Waals surface area contributed by atoms with Gasteiger partial charge in [-0.3, -0.25) is 14.2 Å². The maximum absolute atomic E-state index is 11.8. The SMILES string of the molecule is Cn1nc(Oc2ccc(CC(=O)O)cc2)c(=O)n(C)c1=O. The van der Waals surface area contributed by atoms with Gasteiger partial charge in [0.2, 0.25) is 0 Å². The van der Waals surface area contributed by atoms with Crippen LogP contribution in [0.2, 0.25) is 0 Å². The fourth-order valence-corrected chi connectivity index (χ4v) is 1.69. The van der Waals surface area contributed by atoms with Crippen LogP contribution in [-0.4, -0.2) is 25.4 Å². The summed E-state index contributed by atoms with van der Waals surface area (Å²) in [6.45, 7) is 0. The standard InChI is InChI=1S/C13H13N3O5/c1-15-12(19)11(14-16(2)13(15)20)21-9-5-3-8(4-6-9)7-10(17)18/h3-6H,7H2,1-2H3,(H,17,18). The van der Waals surface area contributed by atoms with Crippen molar-refractivity contribution in [3.05, 3.63) is 50.7 Å². The Morgan fingerprint density at radius 1 is 1.24 bits per heavy atom. The zero-order valence-electron chi connectivity index (χ0n) is 11.4. The molecule has 0 spiro atoms. The molecule has 0 aliphatic rings. The van der Waals surface area contributed by atoms with Gasteiger partial charge in [0.25, 0.3) is 0 Å². The summed E-state index contributed by atoms with van der Waals surface area (Å²) >= 11 is 0. The summed E-state index contributed by atoms with van der Waals surface area (Å²) in [7, 11) is 2.74. The number of carboxylic acid groups (broad SMARTS) is 1. The number of carbonyl (C=O) groups is 1. The number of ether oxygens (including phenoxy) is 1. The Balaban J connectivity index is 2.29. The number of benzene rings is 1. The number of aliphatic carboxylic acids is 1. The molecule has 0 amide bonds. The molecule has 0 saturated heterocycles. The summed E-state index contributed by atoms with van der Waals surface area (Å²) in [5, 5.41) is 12.4. The van der Waals surface area contributed by atoms with Crippen LogP contribution in [0.25, 0.3) is 0 Å². The van der Waals surface area contributed by atoms with E-state index in [0.29, 0.717) is 11.3 Å². The highest BCUT2D eigenvalue weighted by atomic mass is 16.5. The van der Waals surface area contributed by atoms with Crippen LogP contribution < -0.4 is 16.0 Å². The fraction of sp³-hybridized carbons (Fsp3) is 0.231. The van der Waals surface area contributed by atoms with Gasteiger partial charge in [0, 0.05) is 14.1 Å². The van der Waals surface area contributed by atoms with Crippen LogP contribution in [0.15, 0.2) is 33.9 Å². The van der Waals surface area contributed by atoms with Gasteiger partial charge >= 0.3 is 23.1 Å². The van der Waals surface area contributed by atoms with Crippen LogP contribution in [0, 0.1) is 0 Å². The quantitative estimate of drug-likeness (QED) is 0.843.